The summed E-state index contributed by atoms with van der Waals surface area (Å²) < 4.78 is 31.4. The van der Waals surface area contributed by atoms with E-state index in [1.165, 1.54) is 30.0 Å². The van der Waals surface area contributed by atoms with E-state index < -0.39 is 40.4 Å². The van der Waals surface area contributed by atoms with Gasteiger partial charge in [-0.15, -0.1) is 0 Å². The molecule has 11 nitrogen and oxygen atoms in total. The van der Waals surface area contributed by atoms with E-state index in [0.717, 1.165) is 21.3 Å². The molecule has 1 aliphatic heterocycles. The van der Waals surface area contributed by atoms with Gasteiger partial charge in [0.25, 0.3) is 11.2 Å². The summed E-state index contributed by atoms with van der Waals surface area (Å²) in [5.74, 6) is -2.03. The molecule has 2 heterocycles. The summed E-state index contributed by atoms with van der Waals surface area (Å²) in [4.78, 5) is 54.6. The first kappa shape index (κ1) is 30.3. The Morgan fingerprint density at radius 1 is 0.909 bits per heavy atom. The Hall–Kier alpha value is -5.17. The molecule has 0 unspecified atom stereocenters. The third-order valence-corrected chi connectivity index (χ3v) is 7.77. The van der Waals surface area contributed by atoms with Crippen LogP contribution in [-0.4, -0.2) is 44.5 Å². The molecular formula is C31H30F2N6O5. The van der Waals surface area contributed by atoms with Gasteiger partial charge in [-0.2, -0.15) is 0 Å². The summed E-state index contributed by atoms with van der Waals surface area (Å²) in [5.41, 5.74) is 5.92. The number of halogens is 2. The minimum Gasteiger partial charge on any atom is -0.355 e. The zero-order chi connectivity index (χ0) is 31.5. The van der Waals surface area contributed by atoms with Crippen molar-refractivity contribution in [3.05, 3.63) is 138 Å². The molecule has 1 amide bonds. The maximum Gasteiger partial charge on any atom is 0.331 e. The maximum absolute atomic E-state index is 14.7. The molecule has 0 aliphatic carbocycles. The monoisotopic (exact) mass is 604 g/mol. The van der Waals surface area contributed by atoms with Gasteiger partial charge >= 0.3 is 5.69 Å². The van der Waals surface area contributed by atoms with Crippen LogP contribution in [0.25, 0.3) is 0 Å². The Labute approximate surface area is 250 Å². The molecule has 44 heavy (non-hydrogen) atoms. The maximum atomic E-state index is 14.7. The summed E-state index contributed by atoms with van der Waals surface area (Å²) in [6.45, 7) is 1.10. The number of nitro groups is 1. The fourth-order valence-corrected chi connectivity index (χ4v) is 5.40. The van der Waals surface area contributed by atoms with E-state index >= 15 is 0 Å². The number of rotatable bonds is 9. The van der Waals surface area contributed by atoms with E-state index in [9.17, 15) is 33.3 Å². The van der Waals surface area contributed by atoms with Crippen LogP contribution in [0, 0.1) is 28.7 Å². The van der Waals surface area contributed by atoms with Crippen molar-refractivity contribution in [3.8, 4) is 0 Å². The largest absolute Gasteiger partial charge is 0.355 e. The van der Waals surface area contributed by atoms with Crippen LogP contribution in [0.5, 0.6) is 0 Å². The number of carbonyl (C=O) groups excluding carboxylic acids is 1. The van der Waals surface area contributed by atoms with Gasteiger partial charge in [0.1, 0.15) is 17.3 Å². The fourth-order valence-electron chi connectivity index (χ4n) is 5.40. The standard InChI is InChI=1S/C31H30F2N6O5/c1-20-29(36-14-13-35(28(40)19-36)16-21-7-5-10-23(15-21)39(43)44)30(41)38(18-27(34)22-8-3-2-4-9-22)31(42)37(20)17-24-25(32)11-6-12-26(24)33/h2-12,15,27H,13-14,16-19,34H2,1H3/t27-/m1/s1. The first-order chi connectivity index (χ1) is 21.0. The van der Waals surface area contributed by atoms with Crippen molar-refractivity contribution in [3.63, 3.8) is 0 Å². The van der Waals surface area contributed by atoms with Gasteiger partial charge in [-0.1, -0.05) is 48.5 Å². The molecule has 3 aromatic carbocycles. The summed E-state index contributed by atoms with van der Waals surface area (Å²) >= 11 is 0. The highest BCUT2D eigenvalue weighted by Gasteiger charge is 2.30. The van der Waals surface area contributed by atoms with Crippen LogP contribution in [0.1, 0.15) is 28.4 Å². The highest BCUT2D eigenvalue weighted by atomic mass is 19.1. The number of carbonyl (C=O) groups is 1. The minimum absolute atomic E-state index is 0.0463. The molecule has 0 spiro atoms. The molecule has 2 N–H and O–H groups in total. The van der Waals surface area contributed by atoms with Gasteiger partial charge < -0.3 is 15.5 Å². The van der Waals surface area contributed by atoms with Crippen LogP contribution in [-0.2, 0) is 24.4 Å². The minimum atomic E-state index is -0.846. The van der Waals surface area contributed by atoms with Crippen molar-refractivity contribution in [1.29, 1.82) is 0 Å². The molecule has 1 aromatic heterocycles. The van der Waals surface area contributed by atoms with Crippen molar-refractivity contribution in [2.75, 3.05) is 24.5 Å². The highest BCUT2D eigenvalue weighted by molar-refractivity contribution is 5.83. The lowest BCUT2D eigenvalue weighted by Crippen LogP contribution is -2.53. The number of nitrogens with zero attached hydrogens (tertiary/aromatic N) is 5. The number of aromatic nitrogens is 2. The van der Waals surface area contributed by atoms with Gasteiger partial charge in [0.2, 0.25) is 5.91 Å². The fraction of sp³-hybridized carbons (Fsp3) is 0.258. The summed E-state index contributed by atoms with van der Waals surface area (Å²) in [5, 5.41) is 11.2. The van der Waals surface area contributed by atoms with Crippen LogP contribution in [0.2, 0.25) is 0 Å². The average molecular weight is 605 g/mol. The Kier molecular flexibility index (Phi) is 8.67. The smallest absolute Gasteiger partial charge is 0.331 e. The zero-order valence-electron chi connectivity index (χ0n) is 23.9. The van der Waals surface area contributed by atoms with Crippen molar-refractivity contribution in [2.24, 2.45) is 5.73 Å². The van der Waals surface area contributed by atoms with Crippen molar-refractivity contribution in [2.45, 2.75) is 32.6 Å². The van der Waals surface area contributed by atoms with Gasteiger partial charge in [-0.05, 0) is 30.2 Å². The van der Waals surface area contributed by atoms with Crippen LogP contribution in [0.3, 0.4) is 0 Å². The molecule has 228 valence electrons. The number of nitro benzene ring substituents is 1. The number of nitrogens with two attached hydrogens (primary N) is 1. The van der Waals surface area contributed by atoms with E-state index in [1.54, 1.807) is 47.4 Å². The molecule has 1 atom stereocenters. The van der Waals surface area contributed by atoms with Gasteiger partial charge in [0, 0.05) is 49.1 Å². The van der Waals surface area contributed by atoms with E-state index in [4.69, 9.17) is 5.73 Å². The van der Waals surface area contributed by atoms with Crippen LogP contribution < -0.4 is 21.9 Å². The van der Waals surface area contributed by atoms with Crippen molar-refractivity contribution < 1.29 is 18.5 Å². The number of benzene rings is 3. The lowest BCUT2D eigenvalue weighted by molar-refractivity contribution is -0.384. The molecule has 0 saturated carbocycles. The molecule has 4 aromatic rings. The number of anilines is 1. The van der Waals surface area contributed by atoms with E-state index in [0.29, 0.717) is 11.1 Å². The SMILES string of the molecule is Cc1c(N2CCN(Cc3cccc([N+](=O)[O-])c3)C(=O)C2)c(=O)n(C[C@@H](N)c2ccccc2)c(=O)n1Cc1c(F)cccc1F. The molecule has 0 radical (unpaired) electrons. The summed E-state index contributed by atoms with van der Waals surface area (Å²) in [6.07, 6.45) is 0. The van der Waals surface area contributed by atoms with Crippen LogP contribution in [0.15, 0.2) is 82.4 Å². The predicted octanol–water partition coefficient (Wildman–Crippen LogP) is 3.10. The number of amides is 1. The Balaban J connectivity index is 1.51. The van der Waals surface area contributed by atoms with E-state index in [2.05, 4.69) is 0 Å². The third-order valence-electron chi connectivity index (χ3n) is 7.77. The first-order valence-corrected chi connectivity index (χ1v) is 13.9. The molecule has 13 heteroatoms. The summed E-state index contributed by atoms with van der Waals surface area (Å²) in [7, 11) is 0. The first-order valence-electron chi connectivity index (χ1n) is 13.9. The average Bonchev–Trinajstić information content (AvgIpc) is 3.00. The normalized spacial score (nSPS) is 14.1. The molecule has 1 aliphatic rings. The lowest BCUT2D eigenvalue weighted by atomic mass is 10.1. The topological polar surface area (TPSA) is 137 Å². The van der Waals surface area contributed by atoms with Crippen LogP contribution in [0.4, 0.5) is 20.2 Å². The number of hydrogen-bond acceptors (Lipinski definition) is 7. The highest BCUT2D eigenvalue weighted by Crippen LogP contribution is 2.22. The van der Waals surface area contributed by atoms with E-state index in [-0.39, 0.29) is 61.3 Å². The molecule has 1 saturated heterocycles. The Bertz CT molecular complexity index is 1820. The number of non-ortho nitro benzene ring substituents is 1. The van der Waals surface area contributed by atoms with Crippen molar-refractivity contribution >= 4 is 17.3 Å². The van der Waals surface area contributed by atoms with Crippen molar-refractivity contribution in [1.82, 2.24) is 14.0 Å². The second-order valence-electron chi connectivity index (χ2n) is 10.6. The van der Waals surface area contributed by atoms with Gasteiger partial charge in [-0.25, -0.2) is 13.6 Å². The quantitative estimate of drug-likeness (QED) is 0.229. The third kappa shape index (κ3) is 6.13. The Morgan fingerprint density at radius 2 is 1.59 bits per heavy atom. The molecule has 0 bridgehead atoms. The predicted molar refractivity (Wildman–Crippen MR) is 159 cm³/mol. The lowest BCUT2D eigenvalue weighted by Gasteiger charge is -2.36. The summed E-state index contributed by atoms with van der Waals surface area (Å²) in [6, 6.07) is 17.5. The zero-order valence-corrected chi connectivity index (χ0v) is 23.9. The van der Waals surface area contributed by atoms with Gasteiger partial charge in [-0.3, -0.25) is 28.8 Å². The van der Waals surface area contributed by atoms with Gasteiger partial charge in [0.15, 0.2) is 0 Å². The molecule has 5 rings (SSSR count). The Morgan fingerprint density at radius 3 is 2.25 bits per heavy atom. The second-order valence-corrected chi connectivity index (χ2v) is 10.6. The number of piperazine rings is 1. The molecule has 1 fully saturated rings. The van der Waals surface area contributed by atoms with E-state index in [1.807, 2.05) is 0 Å². The molecular weight excluding hydrogens is 574 g/mol. The van der Waals surface area contributed by atoms with Crippen LogP contribution >= 0.6 is 0 Å². The van der Waals surface area contributed by atoms with Gasteiger partial charge in [0.05, 0.1) is 24.6 Å². The second kappa shape index (κ2) is 12.6. The number of hydrogen-bond donors (Lipinski definition) is 1.